The zero-order valence-electron chi connectivity index (χ0n) is 20.1. The van der Waals surface area contributed by atoms with Crippen LogP contribution in [0.2, 0.25) is 0 Å². The molecule has 188 valence electrons. The van der Waals surface area contributed by atoms with Gasteiger partial charge in [-0.3, -0.25) is 5.32 Å². The van der Waals surface area contributed by atoms with Crippen molar-refractivity contribution < 1.29 is 24.2 Å². The van der Waals surface area contributed by atoms with Crippen LogP contribution in [0.1, 0.15) is 35.7 Å². The number of pyridine rings is 1. The van der Waals surface area contributed by atoms with Crippen molar-refractivity contribution >= 4 is 18.3 Å². The molecule has 4 N–H and O–H groups in total. The monoisotopic (exact) mass is 500 g/mol. The fourth-order valence-corrected chi connectivity index (χ4v) is 4.80. The summed E-state index contributed by atoms with van der Waals surface area (Å²) in [5.41, 5.74) is 4.49. The van der Waals surface area contributed by atoms with Gasteiger partial charge < -0.3 is 29.5 Å². The number of rotatable bonds is 11. The summed E-state index contributed by atoms with van der Waals surface area (Å²) in [5, 5.41) is 32.2. The molecule has 35 heavy (non-hydrogen) atoms. The number of ether oxygens (including phenoxy) is 2. The first-order valence-electron chi connectivity index (χ1n) is 11.6. The number of nitrogens with zero attached hydrogens (tertiary/aromatic N) is 2. The van der Waals surface area contributed by atoms with Crippen LogP contribution in [0.25, 0.3) is 11.1 Å². The number of aryl methyl sites for hydroxylation is 2. The smallest absolute Gasteiger partial charge is 0.213 e. The molecule has 3 unspecified atom stereocenters. The number of aliphatic hydroxyl groups is 2. The molecular formula is C25H32N4O5S. The van der Waals surface area contributed by atoms with Crippen LogP contribution < -0.4 is 15.4 Å². The van der Waals surface area contributed by atoms with Gasteiger partial charge in [0.15, 0.2) is 11.9 Å². The minimum Gasteiger partial charge on any atom is -0.481 e. The highest BCUT2D eigenvalue weighted by molar-refractivity contribution is 7.81. The van der Waals surface area contributed by atoms with Crippen LogP contribution >= 0.6 is 12.6 Å². The molecule has 0 fully saturated rings. The molecule has 1 aliphatic rings. The number of anilines is 1. The molecule has 0 amide bonds. The highest BCUT2D eigenvalue weighted by Gasteiger charge is 2.41. The molecule has 9 nitrogen and oxygen atoms in total. The number of aromatic nitrogens is 2. The van der Waals surface area contributed by atoms with Gasteiger partial charge in [0.25, 0.3) is 0 Å². The van der Waals surface area contributed by atoms with Crippen LogP contribution in [-0.2, 0) is 23.2 Å². The Hall–Kier alpha value is -2.63. The van der Waals surface area contributed by atoms with Crippen molar-refractivity contribution in [2.24, 2.45) is 0 Å². The van der Waals surface area contributed by atoms with Crippen molar-refractivity contribution in [1.82, 2.24) is 15.5 Å². The summed E-state index contributed by atoms with van der Waals surface area (Å²) in [5.74, 6) is 0.538. The molecule has 0 saturated heterocycles. The minimum atomic E-state index is -1.83. The summed E-state index contributed by atoms with van der Waals surface area (Å²) in [4.78, 5) is 4.24. The predicted molar refractivity (Wildman–Crippen MR) is 135 cm³/mol. The van der Waals surface area contributed by atoms with E-state index in [1.54, 1.807) is 20.2 Å². The van der Waals surface area contributed by atoms with Gasteiger partial charge in [0, 0.05) is 42.7 Å². The number of methoxy groups -OCH3 is 1. The molecule has 3 aromatic rings. The van der Waals surface area contributed by atoms with Crippen LogP contribution in [-0.4, -0.2) is 52.4 Å². The van der Waals surface area contributed by atoms with E-state index in [2.05, 4.69) is 33.8 Å². The largest absolute Gasteiger partial charge is 0.481 e. The van der Waals surface area contributed by atoms with Gasteiger partial charge in [0.2, 0.25) is 5.88 Å². The van der Waals surface area contributed by atoms with Gasteiger partial charge in [-0.25, -0.2) is 4.98 Å². The van der Waals surface area contributed by atoms with E-state index >= 15 is 0 Å². The normalized spacial score (nSPS) is 16.4. The second-order valence-electron chi connectivity index (χ2n) is 8.57. The van der Waals surface area contributed by atoms with Gasteiger partial charge in [0.1, 0.15) is 17.5 Å². The van der Waals surface area contributed by atoms with Crippen LogP contribution in [0.5, 0.6) is 5.88 Å². The molecule has 2 heterocycles. The second-order valence-corrected chi connectivity index (χ2v) is 9.08. The average molecular weight is 501 g/mol. The molecule has 1 aliphatic carbocycles. The lowest BCUT2D eigenvalue weighted by molar-refractivity contribution is -0.216. The first kappa shape index (κ1) is 25.5. The molecule has 10 heteroatoms. The Kier molecular flexibility index (Phi) is 7.98. The maximum Gasteiger partial charge on any atom is 0.213 e. The Labute approximate surface area is 210 Å². The first-order chi connectivity index (χ1) is 16.9. The van der Waals surface area contributed by atoms with E-state index in [1.807, 2.05) is 12.1 Å². The molecule has 0 saturated carbocycles. The fraction of sp³-hybridized carbons (Fsp3) is 0.440. The Balaban J connectivity index is 1.62. The van der Waals surface area contributed by atoms with Gasteiger partial charge in [-0.2, -0.15) is 0 Å². The Morgan fingerprint density at radius 2 is 2.11 bits per heavy atom. The number of benzene rings is 1. The molecule has 0 spiro atoms. The van der Waals surface area contributed by atoms with Gasteiger partial charge >= 0.3 is 0 Å². The lowest BCUT2D eigenvalue weighted by Gasteiger charge is -2.32. The Bertz CT molecular complexity index is 1140. The third kappa shape index (κ3) is 5.31. The van der Waals surface area contributed by atoms with Crippen molar-refractivity contribution in [2.45, 2.75) is 50.5 Å². The van der Waals surface area contributed by atoms with Gasteiger partial charge in [-0.1, -0.05) is 11.2 Å². The van der Waals surface area contributed by atoms with E-state index in [-0.39, 0.29) is 18.8 Å². The molecular weight excluding hydrogens is 468 g/mol. The SMILES string of the molecule is CCOC(O)C(O)(CNC(S)Nc1c2c(cc(C)c1-c1ccnc(OC)c1)CCC2)c1ccon1. The van der Waals surface area contributed by atoms with Crippen molar-refractivity contribution in [3.8, 4) is 17.0 Å². The van der Waals surface area contributed by atoms with Crippen molar-refractivity contribution in [2.75, 3.05) is 25.6 Å². The van der Waals surface area contributed by atoms with Crippen molar-refractivity contribution in [1.29, 1.82) is 0 Å². The summed E-state index contributed by atoms with van der Waals surface area (Å²) in [6.45, 7) is 3.96. The topological polar surface area (TPSA) is 122 Å². The van der Waals surface area contributed by atoms with E-state index in [0.717, 1.165) is 41.6 Å². The van der Waals surface area contributed by atoms with E-state index in [9.17, 15) is 10.2 Å². The predicted octanol–water partition coefficient (Wildman–Crippen LogP) is 3.00. The number of nitrogens with one attached hydrogen (secondary N) is 2. The lowest BCUT2D eigenvalue weighted by Crippen LogP contribution is -2.51. The number of hydrogen-bond donors (Lipinski definition) is 5. The zero-order chi connectivity index (χ0) is 25.0. The number of aliphatic hydroxyl groups excluding tert-OH is 1. The van der Waals surface area contributed by atoms with Crippen molar-refractivity contribution in [3.05, 3.63) is 59.1 Å². The summed E-state index contributed by atoms with van der Waals surface area (Å²) in [6.07, 6.45) is 4.63. The number of fused-ring (bicyclic) bond motifs is 1. The molecule has 4 rings (SSSR count). The highest BCUT2D eigenvalue weighted by Crippen LogP contribution is 2.41. The van der Waals surface area contributed by atoms with Gasteiger partial charge in [-0.15, -0.1) is 12.6 Å². The summed E-state index contributed by atoms with van der Waals surface area (Å²) >= 11 is 4.71. The molecule has 3 atom stereocenters. The maximum atomic E-state index is 11.2. The van der Waals surface area contributed by atoms with Crippen LogP contribution in [0.3, 0.4) is 0 Å². The van der Waals surface area contributed by atoms with E-state index < -0.39 is 17.4 Å². The average Bonchev–Trinajstić information content (AvgIpc) is 3.55. The van der Waals surface area contributed by atoms with E-state index in [4.69, 9.17) is 26.6 Å². The third-order valence-electron chi connectivity index (χ3n) is 6.29. The summed E-state index contributed by atoms with van der Waals surface area (Å²) in [7, 11) is 1.60. The minimum absolute atomic E-state index is 0.0890. The summed E-state index contributed by atoms with van der Waals surface area (Å²) < 4.78 is 15.5. The fourth-order valence-electron chi connectivity index (χ4n) is 4.58. The van der Waals surface area contributed by atoms with Crippen LogP contribution in [0.15, 0.2) is 41.2 Å². The third-order valence-corrected chi connectivity index (χ3v) is 6.60. The second kappa shape index (κ2) is 11.0. The Morgan fingerprint density at radius 3 is 2.83 bits per heavy atom. The van der Waals surface area contributed by atoms with Crippen molar-refractivity contribution in [3.63, 3.8) is 0 Å². The highest BCUT2D eigenvalue weighted by atomic mass is 32.1. The lowest BCUT2D eigenvalue weighted by atomic mass is 9.93. The molecule has 0 radical (unpaired) electrons. The standard InChI is InChI=1S/C25H32N4O5S/c1-4-33-23(30)25(31,19-9-11-34-29-19)14-27-24(35)28-22-18-7-5-6-16(18)12-15(2)21(22)17-8-10-26-20(13-17)32-3/h8-13,23-24,27-28,30-31,35H,4-7,14H2,1-3H3. The summed E-state index contributed by atoms with van der Waals surface area (Å²) in [6, 6.07) is 7.61. The van der Waals surface area contributed by atoms with E-state index in [1.165, 1.54) is 23.5 Å². The quantitative estimate of drug-likeness (QED) is 0.200. The van der Waals surface area contributed by atoms with Crippen LogP contribution in [0, 0.1) is 6.92 Å². The first-order valence-corrected chi connectivity index (χ1v) is 12.2. The van der Waals surface area contributed by atoms with Crippen LogP contribution in [0.4, 0.5) is 5.69 Å². The van der Waals surface area contributed by atoms with Gasteiger partial charge in [-0.05, 0) is 61.4 Å². The molecule has 2 aromatic heterocycles. The number of thiol groups is 1. The zero-order valence-corrected chi connectivity index (χ0v) is 21.0. The Morgan fingerprint density at radius 1 is 1.29 bits per heavy atom. The van der Waals surface area contributed by atoms with Gasteiger partial charge in [0.05, 0.1) is 7.11 Å². The number of hydrogen-bond acceptors (Lipinski definition) is 10. The maximum absolute atomic E-state index is 11.2. The van der Waals surface area contributed by atoms with E-state index in [0.29, 0.717) is 5.88 Å². The molecule has 1 aromatic carbocycles. The molecule has 0 bridgehead atoms. The molecule has 0 aliphatic heterocycles.